The topological polar surface area (TPSA) is 51.2 Å². The Kier molecular flexibility index (Phi) is 5.27. The van der Waals surface area contributed by atoms with Crippen LogP contribution in [0.25, 0.3) is 10.6 Å². The molecule has 0 saturated heterocycles. The first-order valence-corrected chi connectivity index (χ1v) is 9.52. The zero-order chi connectivity index (χ0) is 16.9. The zero-order valence-corrected chi connectivity index (χ0v) is 15.2. The van der Waals surface area contributed by atoms with E-state index in [0.717, 1.165) is 34.0 Å². The standard InChI is InChI=1S/C18H18N2O2S2/c1-3-7-22-14-4-5-15(12(2)9-14)19-17(21)16-11-24-18(20-16)13-6-8-23-10-13/h4-6,8-11H,3,7H2,1-2H3,(H,19,21). The van der Waals surface area contributed by atoms with Gasteiger partial charge in [-0.15, -0.1) is 11.3 Å². The van der Waals surface area contributed by atoms with Crippen LogP contribution < -0.4 is 10.1 Å². The highest BCUT2D eigenvalue weighted by Crippen LogP contribution is 2.27. The van der Waals surface area contributed by atoms with E-state index in [9.17, 15) is 4.79 Å². The highest BCUT2D eigenvalue weighted by Gasteiger charge is 2.13. The molecule has 0 atom stereocenters. The van der Waals surface area contributed by atoms with E-state index < -0.39 is 0 Å². The molecule has 0 bridgehead atoms. The monoisotopic (exact) mass is 358 g/mol. The van der Waals surface area contributed by atoms with Gasteiger partial charge < -0.3 is 10.1 Å². The van der Waals surface area contributed by atoms with Crippen molar-refractivity contribution in [3.63, 3.8) is 0 Å². The van der Waals surface area contributed by atoms with Gasteiger partial charge in [-0.05, 0) is 48.6 Å². The number of rotatable bonds is 6. The second-order valence-corrected chi connectivity index (χ2v) is 6.97. The number of thiazole rings is 1. The van der Waals surface area contributed by atoms with Gasteiger partial charge in [0, 0.05) is 22.0 Å². The number of aromatic nitrogens is 1. The van der Waals surface area contributed by atoms with Gasteiger partial charge in [0.15, 0.2) is 0 Å². The van der Waals surface area contributed by atoms with Gasteiger partial charge in [0.05, 0.1) is 6.61 Å². The molecule has 1 aromatic carbocycles. The number of nitrogens with one attached hydrogen (secondary N) is 1. The van der Waals surface area contributed by atoms with Crippen LogP contribution in [-0.4, -0.2) is 17.5 Å². The van der Waals surface area contributed by atoms with Gasteiger partial charge in [0.1, 0.15) is 16.5 Å². The summed E-state index contributed by atoms with van der Waals surface area (Å²) in [5, 5.41) is 9.60. The number of benzene rings is 1. The Labute approximate surface area is 149 Å². The molecule has 3 rings (SSSR count). The Morgan fingerprint density at radius 1 is 1.29 bits per heavy atom. The van der Waals surface area contributed by atoms with Gasteiger partial charge in [0.2, 0.25) is 0 Å². The number of ether oxygens (including phenoxy) is 1. The third-order valence-electron chi connectivity index (χ3n) is 3.42. The number of nitrogens with zero attached hydrogens (tertiary/aromatic N) is 1. The number of aryl methyl sites for hydroxylation is 1. The summed E-state index contributed by atoms with van der Waals surface area (Å²) in [7, 11) is 0. The lowest BCUT2D eigenvalue weighted by Crippen LogP contribution is -2.13. The van der Waals surface area contributed by atoms with Crippen molar-refractivity contribution < 1.29 is 9.53 Å². The lowest BCUT2D eigenvalue weighted by atomic mass is 10.2. The zero-order valence-electron chi connectivity index (χ0n) is 13.5. The van der Waals surface area contributed by atoms with Crippen LogP contribution in [0.5, 0.6) is 5.75 Å². The molecule has 4 nitrogen and oxygen atoms in total. The normalized spacial score (nSPS) is 10.6. The van der Waals surface area contributed by atoms with Crippen LogP contribution >= 0.6 is 22.7 Å². The second-order valence-electron chi connectivity index (χ2n) is 5.33. The largest absolute Gasteiger partial charge is 0.494 e. The average molecular weight is 358 g/mol. The fraction of sp³-hybridized carbons (Fsp3) is 0.222. The van der Waals surface area contributed by atoms with Crippen LogP contribution in [0.15, 0.2) is 40.4 Å². The van der Waals surface area contributed by atoms with Crippen LogP contribution in [0.2, 0.25) is 0 Å². The summed E-state index contributed by atoms with van der Waals surface area (Å²) in [6.07, 6.45) is 0.966. The fourth-order valence-electron chi connectivity index (χ4n) is 2.17. The first-order chi connectivity index (χ1) is 11.7. The Bertz CT molecular complexity index is 825. The van der Waals surface area contributed by atoms with Crippen molar-refractivity contribution in [1.82, 2.24) is 4.98 Å². The van der Waals surface area contributed by atoms with Gasteiger partial charge in [-0.3, -0.25) is 4.79 Å². The maximum atomic E-state index is 12.4. The summed E-state index contributed by atoms with van der Waals surface area (Å²) in [6.45, 7) is 4.71. The molecule has 0 radical (unpaired) electrons. The van der Waals surface area contributed by atoms with Crippen molar-refractivity contribution in [3.8, 4) is 16.3 Å². The van der Waals surface area contributed by atoms with E-state index in [-0.39, 0.29) is 5.91 Å². The summed E-state index contributed by atoms with van der Waals surface area (Å²) in [5.74, 6) is 0.624. The molecule has 1 N–H and O–H groups in total. The molecule has 2 aromatic heterocycles. The number of carbonyl (C=O) groups excluding carboxylic acids is 1. The molecule has 0 aliphatic rings. The van der Waals surface area contributed by atoms with Crippen molar-refractivity contribution in [1.29, 1.82) is 0 Å². The SMILES string of the molecule is CCCOc1ccc(NC(=O)c2csc(-c3ccsc3)n2)c(C)c1. The predicted molar refractivity (Wildman–Crippen MR) is 100 cm³/mol. The minimum atomic E-state index is -0.196. The molecule has 0 saturated carbocycles. The van der Waals surface area contributed by atoms with E-state index in [0.29, 0.717) is 12.3 Å². The first-order valence-electron chi connectivity index (χ1n) is 7.70. The molecule has 0 unspecified atom stereocenters. The molecule has 0 spiro atoms. The van der Waals surface area contributed by atoms with Gasteiger partial charge in [-0.25, -0.2) is 4.98 Å². The number of hydrogen-bond acceptors (Lipinski definition) is 5. The van der Waals surface area contributed by atoms with E-state index in [4.69, 9.17) is 4.74 Å². The van der Waals surface area contributed by atoms with E-state index in [1.165, 1.54) is 11.3 Å². The van der Waals surface area contributed by atoms with E-state index in [1.54, 1.807) is 16.7 Å². The van der Waals surface area contributed by atoms with Crippen LogP contribution in [0, 0.1) is 6.92 Å². The number of amides is 1. The fourth-order valence-corrected chi connectivity index (χ4v) is 3.68. The molecule has 1 amide bonds. The van der Waals surface area contributed by atoms with Gasteiger partial charge >= 0.3 is 0 Å². The van der Waals surface area contributed by atoms with Crippen molar-refractivity contribution in [2.75, 3.05) is 11.9 Å². The summed E-state index contributed by atoms with van der Waals surface area (Å²) in [4.78, 5) is 16.8. The van der Waals surface area contributed by atoms with Crippen molar-refractivity contribution in [2.45, 2.75) is 20.3 Å². The van der Waals surface area contributed by atoms with Crippen LogP contribution in [0.1, 0.15) is 29.4 Å². The Balaban J connectivity index is 1.71. The summed E-state index contributed by atoms with van der Waals surface area (Å²) >= 11 is 3.09. The van der Waals surface area contributed by atoms with Crippen molar-refractivity contribution in [2.24, 2.45) is 0 Å². The molecular weight excluding hydrogens is 340 g/mol. The maximum Gasteiger partial charge on any atom is 0.275 e. The summed E-state index contributed by atoms with van der Waals surface area (Å²) in [5.41, 5.74) is 3.23. The average Bonchev–Trinajstić information content (AvgIpc) is 3.26. The van der Waals surface area contributed by atoms with E-state index in [1.807, 2.05) is 41.9 Å². The van der Waals surface area contributed by atoms with Crippen molar-refractivity contribution >= 4 is 34.3 Å². The minimum Gasteiger partial charge on any atom is -0.494 e. The maximum absolute atomic E-state index is 12.4. The van der Waals surface area contributed by atoms with Gasteiger partial charge in [0.25, 0.3) is 5.91 Å². The quantitative estimate of drug-likeness (QED) is 0.657. The Morgan fingerprint density at radius 3 is 2.88 bits per heavy atom. The highest BCUT2D eigenvalue weighted by atomic mass is 32.1. The molecule has 2 heterocycles. The molecule has 3 aromatic rings. The first kappa shape index (κ1) is 16.7. The minimum absolute atomic E-state index is 0.196. The van der Waals surface area contributed by atoms with E-state index >= 15 is 0 Å². The lowest BCUT2D eigenvalue weighted by Gasteiger charge is -2.10. The number of anilines is 1. The molecule has 0 fully saturated rings. The van der Waals surface area contributed by atoms with Crippen LogP contribution in [0.4, 0.5) is 5.69 Å². The number of hydrogen-bond donors (Lipinski definition) is 1. The summed E-state index contributed by atoms with van der Waals surface area (Å²) in [6, 6.07) is 7.67. The lowest BCUT2D eigenvalue weighted by molar-refractivity contribution is 0.102. The summed E-state index contributed by atoms with van der Waals surface area (Å²) < 4.78 is 5.60. The van der Waals surface area contributed by atoms with Crippen molar-refractivity contribution in [3.05, 3.63) is 51.7 Å². The predicted octanol–water partition coefficient (Wildman–Crippen LogP) is 5.22. The molecule has 0 aliphatic carbocycles. The highest BCUT2D eigenvalue weighted by molar-refractivity contribution is 7.14. The van der Waals surface area contributed by atoms with Gasteiger partial charge in [-0.2, -0.15) is 11.3 Å². The van der Waals surface area contributed by atoms with E-state index in [2.05, 4.69) is 17.2 Å². The Morgan fingerprint density at radius 2 is 2.17 bits per heavy atom. The third kappa shape index (κ3) is 3.83. The molecule has 124 valence electrons. The van der Waals surface area contributed by atoms with Gasteiger partial charge in [-0.1, -0.05) is 6.92 Å². The molecule has 6 heteroatoms. The second kappa shape index (κ2) is 7.59. The third-order valence-corrected chi connectivity index (χ3v) is 5.00. The number of carbonyl (C=O) groups is 1. The van der Waals surface area contributed by atoms with Crippen LogP contribution in [0.3, 0.4) is 0 Å². The molecular formula is C18H18N2O2S2. The number of thiophene rings is 1. The molecule has 24 heavy (non-hydrogen) atoms. The Hall–Kier alpha value is -2.18. The van der Waals surface area contributed by atoms with Crippen LogP contribution in [-0.2, 0) is 0 Å². The molecule has 0 aliphatic heterocycles. The smallest absolute Gasteiger partial charge is 0.275 e.